The van der Waals surface area contributed by atoms with E-state index in [0.717, 1.165) is 52.1 Å². The standard InChI is InChI=1S/C20H24N4O3/c1-12-9-13(2)18-14(3)19(26-17(18)10-12)20(25)24-7-5-23(6-8-24)11-16-15(4)21-27-22-16/h9-10H,5-8,11H2,1-4H3. The molecule has 0 radical (unpaired) electrons. The van der Waals surface area contributed by atoms with E-state index in [4.69, 9.17) is 9.05 Å². The number of hydrogen-bond acceptors (Lipinski definition) is 6. The van der Waals surface area contributed by atoms with Crippen LogP contribution in [0.2, 0.25) is 0 Å². The van der Waals surface area contributed by atoms with Gasteiger partial charge in [-0.3, -0.25) is 9.69 Å². The van der Waals surface area contributed by atoms with Gasteiger partial charge in [-0.2, -0.15) is 0 Å². The first-order valence-corrected chi connectivity index (χ1v) is 9.24. The highest BCUT2D eigenvalue weighted by Gasteiger charge is 2.27. The number of aromatic nitrogens is 2. The highest BCUT2D eigenvalue weighted by atomic mass is 16.6. The lowest BCUT2D eigenvalue weighted by Gasteiger charge is -2.33. The topological polar surface area (TPSA) is 75.6 Å². The zero-order chi connectivity index (χ0) is 19.1. The van der Waals surface area contributed by atoms with Gasteiger partial charge < -0.3 is 9.32 Å². The average molecular weight is 368 g/mol. The second-order valence-electron chi connectivity index (χ2n) is 7.38. The Morgan fingerprint density at radius 3 is 2.48 bits per heavy atom. The molecule has 3 aromatic rings. The number of benzene rings is 1. The van der Waals surface area contributed by atoms with Gasteiger partial charge in [0.2, 0.25) is 0 Å². The van der Waals surface area contributed by atoms with Crippen molar-refractivity contribution in [2.24, 2.45) is 0 Å². The molecular formula is C20H24N4O3. The fourth-order valence-corrected chi connectivity index (χ4v) is 3.85. The number of carbonyl (C=O) groups excluding carboxylic acids is 1. The van der Waals surface area contributed by atoms with Gasteiger partial charge in [0.25, 0.3) is 5.91 Å². The number of furan rings is 1. The third-order valence-electron chi connectivity index (χ3n) is 5.34. The van der Waals surface area contributed by atoms with Gasteiger partial charge in [-0.1, -0.05) is 16.4 Å². The van der Waals surface area contributed by atoms with E-state index in [0.29, 0.717) is 25.4 Å². The largest absolute Gasteiger partial charge is 0.451 e. The van der Waals surface area contributed by atoms with Crippen LogP contribution < -0.4 is 0 Å². The molecule has 0 spiro atoms. The Morgan fingerprint density at radius 2 is 1.81 bits per heavy atom. The van der Waals surface area contributed by atoms with Crippen LogP contribution in [0.25, 0.3) is 11.0 Å². The van der Waals surface area contributed by atoms with Crippen molar-refractivity contribution in [3.63, 3.8) is 0 Å². The van der Waals surface area contributed by atoms with E-state index in [9.17, 15) is 4.79 Å². The quantitative estimate of drug-likeness (QED) is 0.707. The van der Waals surface area contributed by atoms with E-state index >= 15 is 0 Å². The Labute approximate surface area is 157 Å². The van der Waals surface area contributed by atoms with Crippen LogP contribution >= 0.6 is 0 Å². The summed E-state index contributed by atoms with van der Waals surface area (Å²) in [4.78, 5) is 17.2. The van der Waals surface area contributed by atoms with Crippen LogP contribution in [0.1, 0.15) is 38.6 Å². The molecule has 142 valence electrons. The summed E-state index contributed by atoms with van der Waals surface area (Å²) in [5.41, 5.74) is 5.68. The molecule has 4 rings (SSSR count). The Kier molecular flexibility index (Phi) is 4.47. The maximum absolute atomic E-state index is 13.0. The zero-order valence-corrected chi connectivity index (χ0v) is 16.2. The zero-order valence-electron chi connectivity index (χ0n) is 16.2. The van der Waals surface area contributed by atoms with Crippen LogP contribution in [-0.2, 0) is 6.54 Å². The predicted molar refractivity (Wildman–Crippen MR) is 101 cm³/mol. The number of rotatable bonds is 3. The summed E-state index contributed by atoms with van der Waals surface area (Å²) in [6.07, 6.45) is 0. The van der Waals surface area contributed by atoms with Gasteiger partial charge in [0.05, 0.1) is 0 Å². The lowest BCUT2D eigenvalue weighted by Crippen LogP contribution is -2.48. The average Bonchev–Trinajstić information content (AvgIpc) is 3.18. The van der Waals surface area contributed by atoms with Crippen molar-refractivity contribution in [3.8, 4) is 0 Å². The van der Waals surface area contributed by atoms with Crippen LogP contribution in [0, 0.1) is 27.7 Å². The normalized spacial score (nSPS) is 15.6. The highest BCUT2D eigenvalue weighted by molar-refractivity contribution is 6.00. The van der Waals surface area contributed by atoms with Crippen molar-refractivity contribution in [2.75, 3.05) is 26.2 Å². The first kappa shape index (κ1) is 17.7. The SMILES string of the molecule is Cc1cc(C)c2c(C)c(C(=O)N3CCN(Cc4nonc4C)CC3)oc2c1. The molecule has 3 heterocycles. The molecule has 7 nitrogen and oxygen atoms in total. The van der Waals surface area contributed by atoms with Crippen molar-refractivity contribution in [3.05, 3.63) is 46.0 Å². The summed E-state index contributed by atoms with van der Waals surface area (Å²) in [6, 6.07) is 4.12. The third-order valence-corrected chi connectivity index (χ3v) is 5.34. The highest BCUT2D eigenvalue weighted by Crippen LogP contribution is 2.30. The van der Waals surface area contributed by atoms with Gasteiger partial charge in [0.1, 0.15) is 17.0 Å². The van der Waals surface area contributed by atoms with Gasteiger partial charge in [-0.15, -0.1) is 0 Å². The van der Waals surface area contributed by atoms with Crippen LogP contribution in [0.15, 0.2) is 21.2 Å². The van der Waals surface area contributed by atoms with Gasteiger partial charge in [0.15, 0.2) is 5.76 Å². The van der Waals surface area contributed by atoms with Crippen molar-refractivity contribution >= 4 is 16.9 Å². The van der Waals surface area contributed by atoms with Crippen LogP contribution in [0.3, 0.4) is 0 Å². The Hall–Kier alpha value is -2.67. The summed E-state index contributed by atoms with van der Waals surface area (Å²) < 4.78 is 10.7. The maximum Gasteiger partial charge on any atom is 0.289 e. The molecule has 1 saturated heterocycles. The number of carbonyl (C=O) groups is 1. The molecule has 1 aliphatic rings. The molecule has 1 aromatic carbocycles. The van der Waals surface area contributed by atoms with Gasteiger partial charge in [-0.25, -0.2) is 4.63 Å². The summed E-state index contributed by atoms with van der Waals surface area (Å²) in [5.74, 6) is 0.434. The summed E-state index contributed by atoms with van der Waals surface area (Å²) in [5, 5.41) is 8.81. The summed E-state index contributed by atoms with van der Waals surface area (Å²) in [7, 11) is 0. The first-order valence-electron chi connectivity index (χ1n) is 9.24. The number of amides is 1. The molecule has 0 bridgehead atoms. The molecule has 1 aliphatic heterocycles. The number of hydrogen-bond donors (Lipinski definition) is 0. The molecule has 0 unspecified atom stereocenters. The van der Waals surface area contributed by atoms with E-state index in [2.05, 4.69) is 28.2 Å². The molecule has 0 N–H and O–H groups in total. The number of piperazine rings is 1. The van der Waals surface area contributed by atoms with E-state index in [1.54, 1.807) is 0 Å². The van der Waals surface area contributed by atoms with Gasteiger partial charge >= 0.3 is 0 Å². The van der Waals surface area contributed by atoms with Crippen molar-refractivity contribution in [1.29, 1.82) is 0 Å². The second kappa shape index (κ2) is 6.81. The molecule has 27 heavy (non-hydrogen) atoms. The maximum atomic E-state index is 13.0. The van der Waals surface area contributed by atoms with E-state index < -0.39 is 0 Å². The molecule has 0 atom stereocenters. The fraction of sp³-hybridized carbons (Fsp3) is 0.450. The molecular weight excluding hydrogens is 344 g/mol. The molecule has 0 saturated carbocycles. The first-order chi connectivity index (χ1) is 12.9. The smallest absolute Gasteiger partial charge is 0.289 e. The van der Waals surface area contributed by atoms with Crippen molar-refractivity contribution in [2.45, 2.75) is 34.2 Å². The van der Waals surface area contributed by atoms with Gasteiger partial charge in [0, 0.05) is 43.7 Å². The van der Waals surface area contributed by atoms with E-state index in [-0.39, 0.29) is 5.91 Å². The van der Waals surface area contributed by atoms with Crippen LogP contribution in [0.5, 0.6) is 0 Å². The predicted octanol–water partition coefficient (Wildman–Crippen LogP) is 3.01. The lowest BCUT2D eigenvalue weighted by atomic mass is 10.0. The molecule has 2 aromatic heterocycles. The second-order valence-corrected chi connectivity index (χ2v) is 7.38. The Morgan fingerprint density at radius 1 is 1.07 bits per heavy atom. The monoisotopic (exact) mass is 368 g/mol. The van der Waals surface area contributed by atoms with Gasteiger partial charge in [-0.05, 0) is 44.9 Å². The number of nitrogens with zero attached hydrogens (tertiary/aromatic N) is 4. The van der Waals surface area contributed by atoms with Crippen molar-refractivity contribution < 1.29 is 13.8 Å². The minimum absolute atomic E-state index is 0.0281. The minimum atomic E-state index is -0.0281. The third kappa shape index (κ3) is 3.23. The van der Waals surface area contributed by atoms with Crippen LogP contribution in [-0.4, -0.2) is 52.2 Å². The Balaban J connectivity index is 1.48. The lowest BCUT2D eigenvalue weighted by molar-refractivity contribution is 0.0596. The number of aryl methyl sites for hydroxylation is 4. The molecule has 7 heteroatoms. The minimum Gasteiger partial charge on any atom is -0.451 e. The molecule has 0 aliphatic carbocycles. The fourth-order valence-electron chi connectivity index (χ4n) is 3.85. The summed E-state index contributed by atoms with van der Waals surface area (Å²) in [6.45, 7) is 11.6. The molecule has 1 amide bonds. The van der Waals surface area contributed by atoms with Crippen LogP contribution in [0.4, 0.5) is 0 Å². The summed E-state index contributed by atoms with van der Waals surface area (Å²) >= 11 is 0. The van der Waals surface area contributed by atoms with E-state index in [1.807, 2.05) is 31.7 Å². The number of fused-ring (bicyclic) bond motifs is 1. The molecule has 1 fully saturated rings. The van der Waals surface area contributed by atoms with E-state index in [1.165, 1.54) is 0 Å². The van der Waals surface area contributed by atoms with Crippen molar-refractivity contribution in [1.82, 2.24) is 20.1 Å². The Bertz CT molecular complexity index is 996.